The van der Waals surface area contributed by atoms with Gasteiger partial charge in [0.1, 0.15) is 23.4 Å². The van der Waals surface area contributed by atoms with Crippen LogP contribution in [0, 0.1) is 5.82 Å². The van der Waals surface area contributed by atoms with Gasteiger partial charge >= 0.3 is 0 Å². The lowest BCUT2D eigenvalue weighted by Crippen LogP contribution is -2.41. The molecule has 1 N–H and O–H groups in total. The molecule has 2 aromatic rings. The fourth-order valence-corrected chi connectivity index (χ4v) is 4.01. The zero-order chi connectivity index (χ0) is 23.3. The molecule has 1 fully saturated rings. The second-order valence-electron chi connectivity index (χ2n) is 7.17. The van der Waals surface area contributed by atoms with Crippen molar-refractivity contribution in [2.45, 2.75) is 11.7 Å². The molecule has 0 aromatic heterocycles. The average Bonchev–Trinajstić information content (AvgIpc) is 3.04. The maximum atomic E-state index is 13.1. The number of halogens is 1. The molecule has 32 heavy (non-hydrogen) atoms. The molecule has 1 unspecified atom stereocenters. The van der Waals surface area contributed by atoms with E-state index < -0.39 is 17.0 Å². The molecule has 3 amide bonds. The highest BCUT2D eigenvalue weighted by atomic mass is 32.2. The van der Waals surface area contributed by atoms with E-state index in [1.165, 1.54) is 41.2 Å². The van der Waals surface area contributed by atoms with E-state index in [-0.39, 0.29) is 24.8 Å². The number of amidine groups is 1. The van der Waals surface area contributed by atoms with Gasteiger partial charge in [0, 0.05) is 32.3 Å². The molecule has 3 rings (SSSR count). The molecule has 10 heteroatoms. The third kappa shape index (κ3) is 5.85. The molecule has 1 aliphatic rings. The van der Waals surface area contributed by atoms with Gasteiger partial charge in [0.05, 0.1) is 12.8 Å². The number of aliphatic imine (C=N–C) groups is 1. The van der Waals surface area contributed by atoms with Crippen LogP contribution in [0.1, 0.15) is 6.42 Å². The average molecular weight is 459 g/mol. The Bertz CT molecular complexity index is 1040. The minimum Gasteiger partial charge on any atom is -0.497 e. The van der Waals surface area contributed by atoms with Crippen LogP contribution in [-0.4, -0.2) is 65.7 Å². The Morgan fingerprint density at radius 1 is 1.22 bits per heavy atom. The van der Waals surface area contributed by atoms with Crippen LogP contribution in [0.2, 0.25) is 0 Å². The van der Waals surface area contributed by atoms with Gasteiger partial charge in [0.2, 0.25) is 17.7 Å². The fraction of sp³-hybridized carbons (Fsp3) is 0.273. The zero-order valence-electron chi connectivity index (χ0n) is 17.9. The highest BCUT2D eigenvalue weighted by Crippen LogP contribution is 2.32. The molecule has 1 aliphatic heterocycles. The highest BCUT2D eigenvalue weighted by molar-refractivity contribution is 8.15. The molecule has 0 spiro atoms. The predicted octanol–water partition coefficient (Wildman–Crippen LogP) is 2.88. The number of carbonyl (C=O) groups is 3. The number of benzene rings is 2. The molecule has 0 aliphatic carbocycles. The summed E-state index contributed by atoms with van der Waals surface area (Å²) in [4.78, 5) is 45.0. The van der Waals surface area contributed by atoms with E-state index in [2.05, 4.69) is 10.3 Å². The summed E-state index contributed by atoms with van der Waals surface area (Å²) in [6.07, 6.45) is -0.120. The van der Waals surface area contributed by atoms with Crippen molar-refractivity contribution in [3.63, 3.8) is 0 Å². The predicted molar refractivity (Wildman–Crippen MR) is 122 cm³/mol. The van der Waals surface area contributed by atoms with E-state index in [0.717, 1.165) is 11.8 Å². The molecular weight excluding hydrogens is 435 g/mol. The number of likely N-dealkylation sites (N-methyl/N-ethyl adjacent to an activating group) is 1. The molecule has 8 nitrogen and oxygen atoms in total. The van der Waals surface area contributed by atoms with E-state index in [0.29, 0.717) is 22.3 Å². The van der Waals surface area contributed by atoms with Gasteiger partial charge in [0.15, 0.2) is 5.17 Å². The smallest absolute Gasteiger partial charge is 0.243 e. The molecule has 2 aromatic carbocycles. The number of ether oxygens (including phenoxy) is 1. The minimum absolute atomic E-state index is 0.120. The van der Waals surface area contributed by atoms with E-state index in [1.807, 2.05) is 0 Å². The number of anilines is 1. The van der Waals surface area contributed by atoms with E-state index in [1.54, 1.807) is 38.4 Å². The van der Waals surface area contributed by atoms with Crippen LogP contribution in [0.5, 0.6) is 5.75 Å². The van der Waals surface area contributed by atoms with Crippen molar-refractivity contribution in [2.24, 2.45) is 4.99 Å². The van der Waals surface area contributed by atoms with Gasteiger partial charge in [0.25, 0.3) is 0 Å². The highest BCUT2D eigenvalue weighted by Gasteiger charge is 2.40. The first-order valence-corrected chi connectivity index (χ1v) is 10.6. The number of nitrogens with one attached hydrogen (secondary N) is 1. The molecule has 0 saturated carbocycles. The first-order valence-electron chi connectivity index (χ1n) is 9.73. The van der Waals surface area contributed by atoms with Crippen LogP contribution in [0.4, 0.5) is 15.8 Å². The third-order valence-electron chi connectivity index (χ3n) is 4.59. The molecule has 1 saturated heterocycles. The normalized spacial score (nSPS) is 16.9. The van der Waals surface area contributed by atoms with Crippen LogP contribution in [-0.2, 0) is 14.4 Å². The lowest BCUT2D eigenvalue weighted by molar-refractivity contribution is -0.135. The molecular formula is C22H23FN4O4S. The van der Waals surface area contributed by atoms with Gasteiger partial charge in [-0.3, -0.25) is 19.3 Å². The van der Waals surface area contributed by atoms with Gasteiger partial charge in [-0.15, -0.1) is 0 Å². The second kappa shape index (κ2) is 10.3. The second-order valence-corrected chi connectivity index (χ2v) is 8.34. The lowest BCUT2D eigenvalue weighted by Gasteiger charge is -2.18. The number of thioether (sulfide) groups is 1. The van der Waals surface area contributed by atoms with E-state index in [4.69, 9.17) is 4.74 Å². The van der Waals surface area contributed by atoms with Crippen molar-refractivity contribution < 1.29 is 23.5 Å². The Morgan fingerprint density at radius 2 is 1.94 bits per heavy atom. The maximum Gasteiger partial charge on any atom is 0.243 e. The Hall–Kier alpha value is -3.40. The van der Waals surface area contributed by atoms with Crippen LogP contribution in [0.25, 0.3) is 0 Å². The van der Waals surface area contributed by atoms with Gasteiger partial charge < -0.3 is 15.0 Å². The Labute approximate surface area is 189 Å². The van der Waals surface area contributed by atoms with Crippen molar-refractivity contribution in [1.29, 1.82) is 0 Å². The number of hydrogen-bond acceptors (Lipinski definition) is 6. The monoisotopic (exact) mass is 458 g/mol. The minimum atomic E-state index is -0.741. The van der Waals surface area contributed by atoms with Crippen LogP contribution in [0.15, 0.2) is 53.5 Å². The fourth-order valence-electron chi connectivity index (χ4n) is 2.85. The van der Waals surface area contributed by atoms with Crippen LogP contribution >= 0.6 is 11.8 Å². The SMILES string of the molecule is COc1cccc(N=C2SC(CC(=O)Nc3ccc(F)cc3)C(=O)N2CC(=O)N(C)C)c1. The summed E-state index contributed by atoms with van der Waals surface area (Å²) in [7, 11) is 4.74. The summed E-state index contributed by atoms with van der Waals surface area (Å²) in [6, 6.07) is 12.3. The molecule has 1 heterocycles. The summed E-state index contributed by atoms with van der Waals surface area (Å²) < 4.78 is 18.3. The van der Waals surface area contributed by atoms with Gasteiger partial charge in [-0.25, -0.2) is 9.38 Å². The van der Waals surface area contributed by atoms with Crippen molar-refractivity contribution >= 4 is 46.0 Å². The first-order chi connectivity index (χ1) is 15.3. The maximum absolute atomic E-state index is 13.1. The molecule has 168 valence electrons. The number of carbonyl (C=O) groups excluding carboxylic acids is 3. The third-order valence-corrected chi connectivity index (χ3v) is 5.76. The number of amides is 3. The summed E-state index contributed by atoms with van der Waals surface area (Å²) in [6.45, 7) is -0.183. The molecule has 0 bridgehead atoms. The molecule has 0 radical (unpaired) electrons. The first kappa shape index (κ1) is 23.3. The Morgan fingerprint density at radius 3 is 2.59 bits per heavy atom. The van der Waals surface area contributed by atoms with Gasteiger partial charge in [-0.1, -0.05) is 17.8 Å². The molecule has 1 atom stereocenters. The Balaban J connectivity index is 1.79. The van der Waals surface area contributed by atoms with E-state index >= 15 is 0 Å². The summed E-state index contributed by atoms with van der Waals surface area (Å²) >= 11 is 1.12. The number of rotatable bonds is 7. The van der Waals surface area contributed by atoms with Crippen molar-refractivity contribution in [1.82, 2.24) is 9.80 Å². The summed E-state index contributed by atoms with van der Waals surface area (Å²) in [5.74, 6) is -0.852. The quantitative estimate of drug-likeness (QED) is 0.689. The Kier molecular flexibility index (Phi) is 7.47. The lowest BCUT2D eigenvalue weighted by atomic mass is 10.2. The topological polar surface area (TPSA) is 91.3 Å². The summed E-state index contributed by atoms with van der Waals surface area (Å²) in [5, 5.41) is 2.24. The van der Waals surface area contributed by atoms with Crippen molar-refractivity contribution in [3.8, 4) is 5.75 Å². The van der Waals surface area contributed by atoms with Crippen molar-refractivity contribution in [3.05, 3.63) is 54.3 Å². The standard InChI is InChI=1S/C22H23FN4O4S/c1-26(2)20(29)13-27-21(30)18(12-19(28)24-15-9-7-14(23)8-10-15)32-22(27)25-16-5-4-6-17(11-16)31-3/h4-11,18H,12-13H2,1-3H3,(H,24,28). The van der Waals surface area contributed by atoms with Gasteiger partial charge in [-0.2, -0.15) is 0 Å². The number of methoxy groups -OCH3 is 1. The summed E-state index contributed by atoms with van der Waals surface area (Å²) in [5.41, 5.74) is 0.982. The van der Waals surface area contributed by atoms with Crippen molar-refractivity contribution in [2.75, 3.05) is 33.1 Å². The zero-order valence-corrected chi connectivity index (χ0v) is 18.7. The number of nitrogens with zero attached hydrogens (tertiary/aromatic N) is 3. The van der Waals surface area contributed by atoms with Crippen LogP contribution < -0.4 is 10.1 Å². The largest absolute Gasteiger partial charge is 0.497 e. The van der Waals surface area contributed by atoms with Gasteiger partial charge in [-0.05, 0) is 36.4 Å². The van der Waals surface area contributed by atoms with E-state index in [9.17, 15) is 18.8 Å². The van der Waals surface area contributed by atoms with Crippen LogP contribution in [0.3, 0.4) is 0 Å². The number of hydrogen-bond donors (Lipinski definition) is 1.